The number of rotatable bonds is 7. The summed E-state index contributed by atoms with van der Waals surface area (Å²) in [6.07, 6.45) is 5.56. The summed E-state index contributed by atoms with van der Waals surface area (Å²) < 4.78 is 0. The van der Waals surface area contributed by atoms with Crippen molar-refractivity contribution < 1.29 is 9.90 Å². The first-order chi connectivity index (χ1) is 17.6. The molecule has 6 nitrogen and oxygen atoms in total. The molecule has 4 aromatic rings. The number of aromatic nitrogens is 1. The highest BCUT2D eigenvalue weighted by atomic mass is 16.3. The van der Waals surface area contributed by atoms with Crippen LogP contribution in [0.5, 0.6) is 5.88 Å². The Morgan fingerprint density at radius 2 is 1.81 bits per heavy atom. The Balaban J connectivity index is 1.31. The number of nitrogens with one attached hydrogen (secondary N) is 2. The Morgan fingerprint density at radius 1 is 1.06 bits per heavy atom. The third-order valence-corrected chi connectivity index (χ3v) is 6.86. The van der Waals surface area contributed by atoms with E-state index in [1.807, 2.05) is 55.5 Å². The van der Waals surface area contributed by atoms with Crippen LogP contribution in [0.15, 0.2) is 77.8 Å². The zero-order valence-corrected chi connectivity index (χ0v) is 20.6. The number of hydrogen-bond donors (Lipinski definition) is 3. The van der Waals surface area contributed by atoms with Gasteiger partial charge in [0.2, 0.25) is 0 Å². The summed E-state index contributed by atoms with van der Waals surface area (Å²) in [5, 5.41) is 14.3. The van der Waals surface area contributed by atoms with E-state index >= 15 is 0 Å². The van der Waals surface area contributed by atoms with Crippen LogP contribution < -0.4 is 5.32 Å². The van der Waals surface area contributed by atoms with E-state index in [2.05, 4.69) is 32.3 Å². The fraction of sp³-hybridized carbons (Fsp3) is 0.267. The van der Waals surface area contributed by atoms with Crippen LogP contribution in [-0.2, 0) is 6.54 Å². The topological polar surface area (TPSA) is 80.7 Å². The zero-order valence-electron chi connectivity index (χ0n) is 20.6. The number of aliphatic imine (C=N–C) groups is 1. The SMILES string of the molecule is C[C@H](NC(=O)c1ccc2[nH]c(O)c(C=Nc3ccc(CN4CCCCC4)cc3)c2c1)c1ccccc1. The third-order valence-electron chi connectivity index (χ3n) is 6.86. The molecule has 6 heteroatoms. The summed E-state index contributed by atoms with van der Waals surface area (Å²) in [4.78, 5) is 23.0. The predicted octanol–water partition coefficient (Wildman–Crippen LogP) is 6.10. The molecule has 0 saturated carbocycles. The molecule has 2 heterocycles. The minimum atomic E-state index is -0.166. The largest absolute Gasteiger partial charge is 0.494 e. The van der Waals surface area contributed by atoms with E-state index in [0.717, 1.165) is 28.7 Å². The molecule has 1 atom stereocenters. The first-order valence-corrected chi connectivity index (χ1v) is 12.6. The molecule has 1 saturated heterocycles. The number of nitrogens with zero attached hydrogens (tertiary/aromatic N) is 2. The summed E-state index contributed by atoms with van der Waals surface area (Å²) in [5.41, 5.74) is 4.98. The first-order valence-electron chi connectivity index (χ1n) is 12.6. The highest BCUT2D eigenvalue weighted by Gasteiger charge is 2.15. The van der Waals surface area contributed by atoms with Crippen molar-refractivity contribution in [1.82, 2.24) is 15.2 Å². The lowest BCUT2D eigenvalue weighted by molar-refractivity contribution is 0.0940. The molecule has 3 aromatic carbocycles. The van der Waals surface area contributed by atoms with E-state index in [-0.39, 0.29) is 17.8 Å². The third kappa shape index (κ3) is 5.50. The number of amides is 1. The number of H-pyrrole nitrogens is 1. The van der Waals surface area contributed by atoms with Crippen LogP contribution in [0.25, 0.3) is 10.9 Å². The summed E-state index contributed by atoms with van der Waals surface area (Å²) >= 11 is 0. The van der Waals surface area contributed by atoms with Crippen LogP contribution in [0, 0.1) is 0 Å². The maximum atomic E-state index is 12.9. The van der Waals surface area contributed by atoms with Crippen molar-refractivity contribution in [1.29, 1.82) is 0 Å². The normalized spacial score (nSPS) is 15.4. The molecule has 1 aliphatic heterocycles. The second-order valence-electron chi connectivity index (χ2n) is 9.51. The van der Waals surface area contributed by atoms with Crippen molar-refractivity contribution in [3.05, 3.63) is 95.1 Å². The number of hydrogen-bond acceptors (Lipinski definition) is 4. The van der Waals surface area contributed by atoms with Crippen molar-refractivity contribution in [2.24, 2.45) is 4.99 Å². The lowest BCUT2D eigenvalue weighted by atomic mass is 10.1. The van der Waals surface area contributed by atoms with Gasteiger partial charge in [-0.15, -0.1) is 0 Å². The van der Waals surface area contributed by atoms with Crippen molar-refractivity contribution in [2.75, 3.05) is 13.1 Å². The van der Waals surface area contributed by atoms with E-state index in [0.29, 0.717) is 11.1 Å². The number of aromatic amines is 1. The van der Waals surface area contributed by atoms with Crippen LogP contribution in [-0.4, -0.2) is 40.2 Å². The summed E-state index contributed by atoms with van der Waals surface area (Å²) in [6.45, 7) is 5.28. The van der Waals surface area contributed by atoms with Gasteiger partial charge in [0.15, 0.2) is 5.88 Å². The molecule has 184 valence electrons. The highest BCUT2D eigenvalue weighted by molar-refractivity contribution is 6.06. The van der Waals surface area contributed by atoms with Crippen LogP contribution in [0.1, 0.15) is 59.3 Å². The number of likely N-dealkylation sites (tertiary alicyclic amines) is 1. The molecule has 1 aliphatic rings. The molecule has 1 fully saturated rings. The molecule has 0 unspecified atom stereocenters. The van der Waals surface area contributed by atoms with Gasteiger partial charge in [0, 0.05) is 29.2 Å². The van der Waals surface area contributed by atoms with E-state index in [1.54, 1.807) is 18.3 Å². The maximum absolute atomic E-state index is 12.9. The molecule has 0 bridgehead atoms. The lowest BCUT2D eigenvalue weighted by Gasteiger charge is -2.26. The average Bonchev–Trinajstić information content (AvgIpc) is 3.23. The van der Waals surface area contributed by atoms with Gasteiger partial charge in [-0.05, 0) is 74.3 Å². The molecule has 5 rings (SSSR count). The molecular weight excluding hydrogens is 448 g/mol. The van der Waals surface area contributed by atoms with Gasteiger partial charge in [-0.2, -0.15) is 0 Å². The first kappa shape index (κ1) is 23.8. The molecule has 0 aliphatic carbocycles. The number of aromatic hydroxyl groups is 1. The maximum Gasteiger partial charge on any atom is 0.251 e. The fourth-order valence-electron chi connectivity index (χ4n) is 4.78. The van der Waals surface area contributed by atoms with Gasteiger partial charge in [0.1, 0.15) is 0 Å². The molecule has 1 amide bonds. The van der Waals surface area contributed by atoms with Gasteiger partial charge in [-0.3, -0.25) is 14.7 Å². The van der Waals surface area contributed by atoms with Crippen LogP contribution in [0.4, 0.5) is 5.69 Å². The number of fused-ring (bicyclic) bond motifs is 1. The summed E-state index contributed by atoms with van der Waals surface area (Å²) in [7, 11) is 0. The Bertz CT molecular complexity index is 1350. The van der Waals surface area contributed by atoms with Crippen molar-refractivity contribution in [2.45, 2.75) is 38.8 Å². The highest BCUT2D eigenvalue weighted by Crippen LogP contribution is 2.28. The van der Waals surface area contributed by atoms with Crippen molar-refractivity contribution in [3.63, 3.8) is 0 Å². The Hall–Kier alpha value is -3.90. The van der Waals surface area contributed by atoms with E-state index in [9.17, 15) is 9.90 Å². The second-order valence-corrected chi connectivity index (χ2v) is 9.51. The van der Waals surface area contributed by atoms with Gasteiger partial charge >= 0.3 is 0 Å². The molecule has 0 radical (unpaired) electrons. The van der Waals surface area contributed by atoms with Gasteiger partial charge < -0.3 is 15.4 Å². The number of piperidine rings is 1. The Labute approximate surface area is 211 Å². The molecular formula is C30H32N4O2. The fourth-order valence-corrected chi connectivity index (χ4v) is 4.78. The number of carbonyl (C=O) groups is 1. The predicted molar refractivity (Wildman–Crippen MR) is 145 cm³/mol. The van der Waals surface area contributed by atoms with Gasteiger partial charge in [-0.1, -0.05) is 48.9 Å². The van der Waals surface area contributed by atoms with Gasteiger partial charge in [0.25, 0.3) is 5.91 Å². The Kier molecular flexibility index (Phi) is 7.14. The molecule has 3 N–H and O–H groups in total. The molecule has 36 heavy (non-hydrogen) atoms. The quantitative estimate of drug-likeness (QED) is 0.280. The minimum absolute atomic E-state index is 0.0330. The van der Waals surface area contributed by atoms with E-state index < -0.39 is 0 Å². The van der Waals surface area contributed by atoms with Crippen LogP contribution >= 0.6 is 0 Å². The summed E-state index contributed by atoms with van der Waals surface area (Å²) in [5.74, 6) is -0.133. The summed E-state index contributed by atoms with van der Waals surface area (Å²) in [6, 6.07) is 23.3. The molecule has 0 spiro atoms. The van der Waals surface area contributed by atoms with Crippen molar-refractivity contribution >= 4 is 28.7 Å². The smallest absolute Gasteiger partial charge is 0.251 e. The monoisotopic (exact) mass is 480 g/mol. The minimum Gasteiger partial charge on any atom is -0.494 e. The molecule has 1 aromatic heterocycles. The van der Waals surface area contributed by atoms with E-state index in [1.165, 1.54) is 37.9 Å². The van der Waals surface area contributed by atoms with Gasteiger partial charge in [0.05, 0.1) is 17.3 Å². The van der Waals surface area contributed by atoms with Crippen LogP contribution in [0.3, 0.4) is 0 Å². The standard InChI is InChI=1S/C30H32N4O2/c1-21(23-8-4-2-5-9-23)32-29(35)24-12-15-28-26(18-24)27(30(36)33-28)19-31-25-13-10-22(11-14-25)20-34-16-6-3-7-17-34/h2,4-5,8-15,18-19,21,33,36H,3,6-7,16-17,20H2,1H3,(H,32,35)/t21-/m0/s1. The Morgan fingerprint density at radius 3 is 2.56 bits per heavy atom. The van der Waals surface area contributed by atoms with Crippen LogP contribution in [0.2, 0.25) is 0 Å². The number of carbonyl (C=O) groups excluding carboxylic acids is 1. The number of benzene rings is 3. The van der Waals surface area contributed by atoms with E-state index in [4.69, 9.17) is 0 Å². The van der Waals surface area contributed by atoms with Crippen molar-refractivity contribution in [3.8, 4) is 5.88 Å². The van der Waals surface area contributed by atoms with Gasteiger partial charge in [-0.25, -0.2) is 0 Å². The average molecular weight is 481 g/mol. The lowest BCUT2D eigenvalue weighted by Crippen LogP contribution is -2.28. The zero-order chi connectivity index (χ0) is 24.9. The second kappa shape index (κ2) is 10.8.